The van der Waals surface area contributed by atoms with E-state index in [9.17, 15) is 4.79 Å². The van der Waals surface area contributed by atoms with Crippen molar-refractivity contribution in [2.24, 2.45) is 7.05 Å². The number of fused-ring (bicyclic) bond motifs is 1. The molecule has 0 N–H and O–H groups in total. The maximum absolute atomic E-state index is 10.2. The summed E-state index contributed by atoms with van der Waals surface area (Å²) < 4.78 is 1.85. The van der Waals surface area contributed by atoms with E-state index in [1.807, 2.05) is 30.1 Å². The van der Waals surface area contributed by atoms with Gasteiger partial charge in [-0.3, -0.25) is 4.68 Å². The average Bonchev–Trinajstić information content (AvgIpc) is 2.57. The zero-order valence-corrected chi connectivity index (χ0v) is 8.10. The van der Waals surface area contributed by atoms with Gasteiger partial charge in [0.2, 0.25) is 0 Å². The second-order valence-corrected chi connectivity index (χ2v) is 3.37. The highest BCUT2D eigenvalue weighted by atomic mass is 16.1. The SMILES string of the molecule is Cn1ncc2ccc(CCC=O)cc21. The second-order valence-electron chi connectivity index (χ2n) is 3.37. The summed E-state index contributed by atoms with van der Waals surface area (Å²) in [4.78, 5) is 10.2. The Balaban J connectivity index is 2.39. The van der Waals surface area contributed by atoms with E-state index in [1.54, 1.807) is 0 Å². The van der Waals surface area contributed by atoms with Crippen molar-refractivity contribution < 1.29 is 4.79 Å². The fourth-order valence-corrected chi connectivity index (χ4v) is 1.57. The van der Waals surface area contributed by atoms with Gasteiger partial charge in [-0.2, -0.15) is 5.10 Å². The third-order valence-corrected chi connectivity index (χ3v) is 2.36. The van der Waals surface area contributed by atoms with Crippen LogP contribution < -0.4 is 0 Å². The van der Waals surface area contributed by atoms with Gasteiger partial charge < -0.3 is 4.79 Å². The zero-order chi connectivity index (χ0) is 9.97. The van der Waals surface area contributed by atoms with Crippen LogP contribution in [0.25, 0.3) is 10.9 Å². The molecule has 0 spiro atoms. The highest BCUT2D eigenvalue weighted by molar-refractivity contribution is 5.79. The van der Waals surface area contributed by atoms with Crippen LogP contribution in [0.2, 0.25) is 0 Å². The van der Waals surface area contributed by atoms with Crippen LogP contribution in [0.4, 0.5) is 0 Å². The van der Waals surface area contributed by atoms with E-state index < -0.39 is 0 Å². The van der Waals surface area contributed by atoms with Crippen LogP contribution in [0.5, 0.6) is 0 Å². The molecular weight excluding hydrogens is 176 g/mol. The summed E-state index contributed by atoms with van der Waals surface area (Å²) in [7, 11) is 1.92. The number of aldehydes is 1. The first-order chi connectivity index (χ1) is 6.81. The summed E-state index contributed by atoms with van der Waals surface area (Å²) in [6.45, 7) is 0. The van der Waals surface area contributed by atoms with Gasteiger partial charge in [0.1, 0.15) is 6.29 Å². The number of nitrogens with zero attached hydrogens (tertiary/aromatic N) is 2. The van der Waals surface area contributed by atoms with Crippen LogP contribution >= 0.6 is 0 Å². The average molecular weight is 188 g/mol. The minimum Gasteiger partial charge on any atom is -0.303 e. The lowest BCUT2D eigenvalue weighted by molar-refractivity contribution is -0.107. The molecule has 72 valence electrons. The third-order valence-electron chi connectivity index (χ3n) is 2.36. The second kappa shape index (κ2) is 3.62. The number of aromatic nitrogens is 2. The molecule has 1 heterocycles. The van der Waals surface area contributed by atoms with Gasteiger partial charge in [-0.05, 0) is 18.1 Å². The molecule has 0 aliphatic rings. The van der Waals surface area contributed by atoms with Crippen molar-refractivity contribution in [2.75, 3.05) is 0 Å². The maximum Gasteiger partial charge on any atom is 0.120 e. The fourth-order valence-electron chi connectivity index (χ4n) is 1.57. The lowest BCUT2D eigenvalue weighted by Crippen LogP contribution is -1.91. The molecule has 3 heteroatoms. The first-order valence-electron chi connectivity index (χ1n) is 4.65. The van der Waals surface area contributed by atoms with Crippen molar-refractivity contribution in [1.82, 2.24) is 9.78 Å². The molecule has 0 unspecified atom stereocenters. The van der Waals surface area contributed by atoms with E-state index in [1.165, 1.54) is 5.56 Å². The van der Waals surface area contributed by atoms with Crippen LogP contribution in [0.3, 0.4) is 0 Å². The highest BCUT2D eigenvalue weighted by Gasteiger charge is 2.00. The van der Waals surface area contributed by atoms with Gasteiger partial charge in [0.15, 0.2) is 0 Å². The monoisotopic (exact) mass is 188 g/mol. The van der Waals surface area contributed by atoms with Gasteiger partial charge >= 0.3 is 0 Å². The molecule has 1 aromatic heterocycles. The summed E-state index contributed by atoms with van der Waals surface area (Å²) in [6.07, 6.45) is 4.19. The largest absolute Gasteiger partial charge is 0.303 e. The maximum atomic E-state index is 10.2. The number of aryl methyl sites for hydroxylation is 2. The molecule has 2 rings (SSSR count). The van der Waals surface area contributed by atoms with Crippen molar-refractivity contribution in [3.05, 3.63) is 30.0 Å². The number of carbonyl (C=O) groups excluding carboxylic acids is 1. The Morgan fingerprint density at radius 2 is 2.36 bits per heavy atom. The van der Waals surface area contributed by atoms with E-state index in [4.69, 9.17) is 0 Å². The fraction of sp³-hybridized carbons (Fsp3) is 0.273. The molecule has 0 radical (unpaired) electrons. The van der Waals surface area contributed by atoms with Crippen LogP contribution in [0.1, 0.15) is 12.0 Å². The quantitative estimate of drug-likeness (QED) is 0.687. The molecule has 0 amide bonds. The predicted molar refractivity (Wildman–Crippen MR) is 55.1 cm³/mol. The molecule has 0 aliphatic carbocycles. The summed E-state index contributed by atoms with van der Waals surface area (Å²) >= 11 is 0. The van der Waals surface area contributed by atoms with E-state index in [-0.39, 0.29) is 0 Å². The predicted octanol–water partition coefficient (Wildman–Crippen LogP) is 1.70. The van der Waals surface area contributed by atoms with Gasteiger partial charge in [0, 0.05) is 18.9 Å². The Kier molecular flexibility index (Phi) is 2.31. The first-order valence-corrected chi connectivity index (χ1v) is 4.65. The molecule has 0 saturated carbocycles. The summed E-state index contributed by atoms with van der Waals surface area (Å²) in [6, 6.07) is 6.18. The van der Waals surface area contributed by atoms with E-state index in [0.29, 0.717) is 6.42 Å². The smallest absolute Gasteiger partial charge is 0.120 e. The highest BCUT2D eigenvalue weighted by Crippen LogP contribution is 2.15. The summed E-state index contributed by atoms with van der Waals surface area (Å²) in [5.41, 5.74) is 2.31. The molecule has 0 aliphatic heterocycles. The standard InChI is InChI=1S/C11H12N2O/c1-13-11-7-9(3-2-6-14)4-5-10(11)8-12-13/h4-8H,2-3H2,1H3. The number of benzene rings is 1. The lowest BCUT2D eigenvalue weighted by Gasteiger charge is -1.99. The van der Waals surface area contributed by atoms with Crippen LogP contribution in [0.15, 0.2) is 24.4 Å². The van der Waals surface area contributed by atoms with E-state index >= 15 is 0 Å². The van der Waals surface area contributed by atoms with Gasteiger partial charge in [0.05, 0.1) is 11.7 Å². The van der Waals surface area contributed by atoms with Gasteiger partial charge in [0.25, 0.3) is 0 Å². The van der Waals surface area contributed by atoms with E-state index in [2.05, 4.69) is 11.2 Å². The summed E-state index contributed by atoms with van der Waals surface area (Å²) in [5, 5.41) is 5.31. The number of carbonyl (C=O) groups is 1. The molecule has 14 heavy (non-hydrogen) atoms. The molecule has 0 bridgehead atoms. The Morgan fingerprint density at radius 3 is 3.14 bits per heavy atom. The Bertz CT molecular complexity index is 459. The van der Waals surface area contributed by atoms with Crippen molar-refractivity contribution in [1.29, 1.82) is 0 Å². The third kappa shape index (κ3) is 1.53. The van der Waals surface area contributed by atoms with Crippen LogP contribution in [0, 0.1) is 0 Å². The molecule has 0 saturated heterocycles. The Hall–Kier alpha value is -1.64. The topological polar surface area (TPSA) is 34.9 Å². The van der Waals surface area contributed by atoms with E-state index in [0.717, 1.165) is 23.6 Å². The molecule has 3 nitrogen and oxygen atoms in total. The van der Waals surface area contributed by atoms with Gasteiger partial charge in [-0.25, -0.2) is 0 Å². The summed E-state index contributed by atoms with van der Waals surface area (Å²) in [5.74, 6) is 0. The minimum absolute atomic E-state index is 0.587. The minimum atomic E-state index is 0.587. The Labute approximate surface area is 82.3 Å². The molecule has 2 aromatic rings. The van der Waals surface area contributed by atoms with Crippen molar-refractivity contribution >= 4 is 17.2 Å². The number of rotatable bonds is 3. The molecular formula is C11H12N2O. The van der Waals surface area contributed by atoms with Crippen molar-refractivity contribution in [3.8, 4) is 0 Å². The lowest BCUT2D eigenvalue weighted by atomic mass is 10.1. The number of hydrogen-bond acceptors (Lipinski definition) is 2. The normalized spacial score (nSPS) is 10.6. The van der Waals surface area contributed by atoms with Crippen LogP contribution in [-0.2, 0) is 18.3 Å². The molecule has 0 atom stereocenters. The van der Waals surface area contributed by atoms with Crippen LogP contribution in [-0.4, -0.2) is 16.1 Å². The zero-order valence-electron chi connectivity index (χ0n) is 8.10. The van der Waals surface area contributed by atoms with Gasteiger partial charge in [-0.15, -0.1) is 0 Å². The molecule has 1 aromatic carbocycles. The first kappa shape index (κ1) is 8.94. The van der Waals surface area contributed by atoms with Crippen molar-refractivity contribution in [2.45, 2.75) is 12.8 Å². The Morgan fingerprint density at radius 1 is 1.50 bits per heavy atom. The van der Waals surface area contributed by atoms with Gasteiger partial charge in [-0.1, -0.05) is 12.1 Å². The number of hydrogen-bond donors (Lipinski definition) is 0. The van der Waals surface area contributed by atoms with Crippen molar-refractivity contribution in [3.63, 3.8) is 0 Å². The molecule has 0 fully saturated rings.